The molecule has 0 bridgehead atoms. The van der Waals surface area contributed by atoms with Gasteiger partial charge in [-0.15, -0.1) is 0 Å². The predicted molar refractivity (Wildman–Crippen MR) is 51.4 cm³/mol. The van der Waals surface area contributed by atoms with Crippen LogP contribution in [0.4, 0.5) is 0 Å². The van der Waals surface area contributed by atoms with Crippen LogP contribution in [0.15, 0.2) is 24.3 Å². The van der Waals surface area contributed by atoms with Crippen LogP contribution in [0, 0.1) is 0 Å². The molecular formula is C10H12ClN. The van der Waals surface area contributed by atoms with Crippen molar-refractivity contribution in [2.24, 2.45) is 0 Å². The zero-order chi connectivity index (χ0) is 8.60. The Balaban J connectivity index is 2.39. The lowest BCUT2D eigenvalue weighted by molar-refractivity contribution is 0.237. The van der Waals surface area contributed by atoms with Gasteiger partial charge in [0.2, 0.25) is 0 Å². The summed E-state index contributed by atoms with van der Waals surface area (Å²) in [5.74, 6) is 0. The minimum absolute atomic E-state index is 0.123. The van der Waals surface area contributed by atoms with E-state index in [0.29, 0.717) is 0 Å². The molecule has 0 saturated carbocycles. The van der Waals surface area contributed by atoms with Crippen molar-refractivity contribution in [2.75, 3.05) is 6.54 Å². The lowest BCUT2D eigenvalue weighted by atomic mass is 9.83. The highest BCUT2D eigenvalue weighted by molar-refractivity contribution is 6.31. The molecule has 0 aliphatic carbocycles. The van der Waals surface area contributed by atoms with Gasteiger partial charge in [0.25, 0.3) is 0 Å². The Hall–Kier alpha value is -0.530. The first-order valence-electron chi connectivity index (χ1n) is 4.22. The molecule has 1 N–H and O–H groups in total. The zero-order valence-electron chi connectivity index (χ0n) is 7.10. The first-order chi connectivity index (χ1) is 5.72. The van der Waals surface area contributed by atoms with Crippen LogP contribution in [0.3, 0.4) is 0 Å². The van der Waals surface area contributed by atoms with E-state index in [9.17, 15) is 0 Å². The average Bonchev–Trinajstić information content (AvgIpc) is 2.01. The first kappa shape index (κ1) is 8.09. The minimum atomic E-state index is 0.123. The second-order valence-electron chi connectivity index (χ2n) is 3.49. The summed E-state index contributed by atoms with van der Waals surface area (Å²) in [5.41, 5.74) is 1.34. The van der Waals surface area contributed by atoms with Crippen LogP contribution < -0.4 is 5.32 Å². The van der Waals surface area contributed by atoms with Crippen molar-refractivity contribution >= 4 is 11.6 Å². The Labute approximate surface area is 77.7 Å². The maximum absolute atomic E-state index is 6.08. The lowest BCUT2D eigenvalue weighted by Crippen LogP contribution is -2.51. The molecular weight excluding hydrogens is 170 g/mol. The van der Waals surface area contributed by atoms with Crippen LogP contribution in [0.1, 0.15) is 18.9 Å². The maximum atomic E-state index is 6.08. The highest BCUT2D eigenvalue weighted by atomic mass is 35.5. The topological polar surface area (TPSA) is 12.0 Å². The Bertz CT molecular complexity index is 292. The second-order valence-corrected chi connectivity index (χ2v) is 3.90. The molecule has 1 saturated heterocycles. The zero-order valence-corrected chi connectivity index (χ0v) is 7.86. The third-order valence-electron chi connectivity index (χ3n) is 2.61. The predicted octanol–water partition coefficient (Wildman–Crippen LogP) is 2.55. The molecule has 0 spiro atoms. The molecule has 0 aromatic heterocycles. The fourth-order valence-electron chi connectivity index (χ4n) is 1.64. The van der Waals surface area contributed by atoms with Gasteiger partial charge in [0.1, 0.15) is 0 Å². The van der Waals surface area contributed by atoms with Crippen LogP contribution >= 0.6 is 11.6 Å². The number of hydrogen-bond donors (Lipinski definition) is 1. The SMILES string of the molecule is CC1(c2ccccc2Cl)CCN1. The van der Waals surface area contributed by atoms with Gasteiger partial charge in [0, 0.05) is 10.6 Å². The summed E-state index contributed by atoms with van der Waals surface area (Å²) in [6.07, 6.45) is 1.18. The molecule has 2 heteroatoms. The largest absolute Gasteiger partial charge is 0.307 e. The summed E-state index contributed by atoms with van der Waals surface area (Å²) < 4.78 is 0. The smallest absolute Gasteiger partial charge is 0.0456 e. The van der Waals surface area contributed by atoms with Crippen molar-refractivity contribution in [1.82, 2.24) is 5.32 Å². The lowest BCUT2D eigenvalue weighted by Gasteiger charge is -2.41. The van der Waals surface area contributed by atoms with Crippen molar-refractivity contribution < 1.29 is 0 Å². The highest BCUT2D eigenvalue weighted by Crippen LogP contribution is 2.34. The van der Waals surface area contributed by atoms with E-state index in [1.165, 1.54) is 12.0 Å². The molecule has 1 aromatic rings. The van der Waals surface area contributed by atoms with Gasteiger partial charge < -0.3 is 5.32 Å². The summed E-state index contributed by atoms with van der Waals surface area (Å²) in [6.45, 7) is 3.29. The molecule has 1 unspecified atom stereocenters. The number of nitrogens with one attached hydrogen (secondary N) is 1. The van der Waals surface area contributed by atoms with Crippen LogP contribution in [0.2, 0.25) is 5.02 Å². The molecule has 0 radical (unpaired) electrons. The van der Waals surface area contributed by atoms with E-state index in [2.05, 4.69) is 18.3 Å². The molecule has 64 valence electrons. The summed E-state index contributed by atoms with van der Waals surface area (Å²) in [6, 6.07) is 8.04. The van der Waals surface area contributed by atoms with E-state index < -0.39 is 0 Å². The van der Waals surface area contributed by atoms with E-state index in [0.717, 1.165) is 11.6 Å². The van der Waals surface area contributed by atoms with E-state index in [-0.39, 0.29) is 5.54 Å². The first-order valence-corrected chi connectivity index (χ1v) is 4.60. The van der Waals surface area contributed by atoms with Crippen LogP contribution in [-0.4, -0.2) is 6.54 Å². The summed E-state index contributed by atoms with van der Waals surface area (Å²) >= 11 is 6.08. The highest BCUT2D eigenvalue weighted by Gasteiger charge is 2.34. The van der Waals surface area contributed by atoms with Crippen LogP contribution in [0.25, 0.3) is 0 Å². The molecule has 0 amide bonds. The number of benzene rings is 1. The molecule has 1 fully saturated rings. The van der Waals surface area contributed by atoms with Gasteiger partial charge in [-0.1, -0.05) is 29.8 Å². The Morgan fingerprint density at radius 3 is 2.58 bits per heavy atom. The van der Waals surface area contributed by atoms with Crippen molar-refractivity contribution in [3.8, 4) is 0 Å². The Morgan fingerprint density at radius 2 is 2.08 bits per heavy atom. The third-order valence-corrected chi connectivity index (χ3v) is 2.94. The van der Waals surface area contributed by atoms with Gasteiger partial charge in [-0.2, -0.15) is 0 Å². The summed E-state index contributed by atoms with van der Waals surface area (Å²) in [5, 5.41) is 4.26. The second kappa shape index (κ2) is 2.75. The van der Waals surface area contributed by atoms with E-state index in [1.54, 1.807) is 0 Å². The maximum Gasteiger partial charge on any atom is 0.0456 e. The molecule has 1 aliphatic rings. The molecule has 12 heavy (non-hydrogen) atoms. The van der Waals surface area contributed by atoms with Crippen molar-refractivity contribution in [3.63, 3.8) is 0 Å². The molecule has 1 aliphatic heterocycles. The monoisotopic (exact) mass is 181 g/mol. The van der Waals surface area contributed by atoms with E-state index in [1.807, 2.05) is 18.2 Å². The van der Waals surface area contributed by atoms with Crippen molar-refractivity contribution in [1.29, 1.82) is 0 Å². The van der Waals surface area contributed by atoms with Crippen molar-refractivity contribution in [2.45, 2.75) is 18.9 Å². The standard InChI is InChI=1S/C10H12ClN/c1-10(6-7-12-10)8-4-2-3-5-9(8)11/h2-5,12H,6-7H2,1H3. The van der Waals surface area contributed by atoms with Crippen LogP contribution in [0.5, 0.6) is 0 Å². The third kappa shape index (κ3) is 1.13. The Kier molecular flexibility index (Phi) is 1.85. The number of hydrogen-bond acceptors (Lipinski definition) is 1. The molecule has 1 atom stereocenters. The average molecular weight is 182 g/mol. The van der Waals surface area contributed by atoms with Gasteiger partial charge in [0.15, 0.2) is 0 Å². The fraction of sp³-hybridized carbons (Fsp3) is 0.400. The van der Waals surface area contributed by atoms with Gasteiger partial charge in [0.05, 0.1) is 0 Å². The van der Waals surface area contributed by atoms with Gasteiger partial charge in [-0.05, 0) is 31.5 Å². The van der Waals surface area contributed by atoms with E-state index in [4.69, 9.17) is 11.6 Å². The number of halogens is 1. The Morgan fingerprint density at radius 1 is 1.42 bits per heavy atom. The molecule has 1 nitrogen and oxygen atoms in total. The summed E-state index contributed by atoms with van der Waals surface area (Å²) in [7, 11) is 0. The van der Waals surface area contributed by atoms with Crippen LogP contribution in [-0.2, 0) is 5.54 Å². The van der Waals surface area contributed by atoms with Gasteiger partial charge in [-0.25, -0.2) is 0 Å². The van der Waals surface area contributed by atoms with Crippen molar-refractivity contribution in [3.05, 3.63) is 34.9 Å². The van der Waals surface area contributed by atoms with E-state index >= 15 is 0 Å². The molecule has 1 heterocycles. The summed E-state index contributed by atoms with van der Waals surface area (Å²) in [4.78, 5) is 0. The normalized spacial score (nSPS) is 28.2. The molecule has 2 rings (SSSR count). The van der Waals surface area contributed by atoms with Gasteiger partial charge >= 0.3 is 0 Å². The molecule has 1 aromatic carbocycles. The fourth-order valence-corrected chi connectivity index (χ4v) is 1.98. The minimum Gasteiger partial charge on any atom is -0.307 e. The number of rotatable bonds is 1. The van der Waals surface area contributed by atoms with Gasteiger partial charge in [-0.3, -0.25) is 0 Å². The quantitative estimate of drug-likeness (QED) is 0.702.